The lowest BCUT2D eigenvalue weighted by Gasteiger charge is -2.19. The largest absolute Gasteiger partial charge is 0.350 e. The maximum Gasteiger partial charge on any atom is 0.243 e. The van der Waals surface area contributed by atoms with E-state index in [4.69, 9.17) is 0 Å². The molecule has 26 heavy (non-hydrogen) atoms. The number of benzene rings is 1. The number of sulfonamides is 1. The van der Waals surface area contributed by atoms with Gasteiger partial charge in [0, 0.05) is 19.5 Å². The first kappa shape index (κ1) is 20.9. The SMILES string of the molecule is CCN(CC)S(=O)(=O)c1ccc(C(C)NC(=O)CCC2CCNC2)cc1. The molecular formula is C19H31N3O3S. The van der Waals surface area contributed by atoms with Gasteiger partial charge < -0.3 is 10.6 Å². The van der Waals surface area contributed by atoms with E-state index in [1.54, 1.807) is 24.3 Å². The summed E-state index contributed by atoms with van der Waals surface area (Å²) in [5.74, 6) is 0.643. The Balaban J connectivity index is 1.93. The second-order valence-electron chi connectivity index (χ2n) is 6.85. The molecule has 1 fully saturated rings. The van der Waals surface area contributed by atoms with Crippen molar-refractivity contribution in [2.75, 3.05) is 26.2 Å². The average Bonchev–Trinajstić information content (AvgIpc) is 3.14. The Morgan fingerprint density at radius 1 is 1.27 bits per heavy atom. The molecule has 1 aromatic rings. The molecule has 1 aromatic carbocycles. The van der Waals surface area contributed by atoms with E-state index in [1.165, 1.54) is 4.31 Å². The van der Waals surface area contributed by atoms with Crippen LogP contribution in [0.2, 0.25) is 0 Å². The Morgan fingerprint density at radius 3 is 2.46 bits per heavy atom. The minimum Gasteiger partial charge on any atom is -0.350 e. The van der Waals surface area contributed by atoms with Crippen molar-refractivity contribution in [3.8, 4) is 0 Å². The molecule has 7 heteroatoms. The van der Waals surface area contributed by atoms with Gasteiger partial charge in [-0.3, -0.25) is 4.79 Å². The fourth-order valence-corrected chi connectivity index (χ4v) is 4.79. The van der Waals surface area contributed by atoms with Crippen LogP contribution < -0.4 is 10.6 Å². The van der Waals surface area contributed by atoms with Crippen LogP contribution in [0.1, 0.15) is 51.6 Å². The van der Waals surface area contributed by atoms with E-state index in [1.807, 2.05) is 20.8 Å². The third-order valence-electron chi connectivity index (χ3n) is 5.04. The number of carbonyl (C=O) groups excluding carboxylic acids is 1. The van der Waals surface area contributed by atoms with Gasteiger partial charge in [0.2, 0.25) is 15.9 Å². The molecule has 1 amide bonds. The molecule has 1 heterocycles. The number of nitrogens with one attached hydrogen (secondary N) is 2. The predicted molar refractivity (Wildman–Crippen MR) is 103 cm³/mol. The highest BCUT2D eigenvalue weighted by Gasteiger charge is 2.22. The van der Waals surface area contributed by atoms with Crippen molar-refractivity contribution in [2.45, 2.75) is 51.0 Å². The van der Waals surface area contributed by atoms with Crippen molar-refractivity contribution in [2.24, 2.45) is 5.92 Å². The van der Waals surface area contributed by atoms with Gasteiger partial charge in [-0.15, -0.1) is 0 Å². The Bertz CT molecular complexity index is 678. The molecule has 0 radical (unpaired) electrons. The molecule has 1 saturated heterocycles. The molecular weight excluding hydrogens is 350 g/mol. The van der Waals surface area contributed by atoms with E-state index in [0.29, 0.717) is 25.4 Å². The minimum atomic E-state index is -3.44. The number of hydrogen-bond donors (Lipinski definition) is 2. The summed E-state index contributed by atoms with van der Waals surface area (Å²) >= 11 is 0. The highest BCUT2D eigenvalue weighted by Crippen LogP contribution is 2.20. The lowest BCUT2D eigenvalue weighted by Crippen LogP contribution is -2.30. The van der Waals surface area contributed by atoms with Crippen LogP contribution in [0.15, 0.2) is 29.2 Å². The van der Waals surface area contributed by atoms with Crippen LogP contribution in [0, 0.1) is 5.92 Å². The van der Waals surface area contributed by atoms with Crippen molar-refractivity contribution < 1.29 is 13.2 Å². The maximum absolute atomic E-state index is 12.5. The molecule has 2 N–H and O–H groups in total. The molecule has 0 aromatic heterocycles. The molecule has 1 aliphatic rings. The van der Waals surface area contributed by atoms with Crippen LogP contribution >= 0.6 is 0 Å². The first-order chi connectivity index (χ1) is 12.4. The molecule has 2 unspecified atom stereocenters. The van der Waals surface area contributed by atoms with Crippen molar-refractivity contribution in [1.29, 1.82) is 0 Å². The van der Waals surface area contributed by atoms with Gasteiger partial charge in [-0.2, -0.15) is 4.31 Å². The van der Waals surface area contributed by atoms with Gasteiger partial charge in [-0.05, 0) is 56.5 Å². The van der Waals surface area contributed by atoms with Gasteiger partial charge in [0.1, 0.15) is 0 Å². The molecule has 6 nitrogen and oxygen atoms in total. The zero-order valence-corrected chi connectivity index (χ0v) is 16.8. The van der Waals surface area contributed by atoms with Crippen molar-refractivity contribution in [3.63, 3.8) is 0 Å². The number of amides is 1. The molecule has 0 aliphatic carbocycles. The third-order valence-corrected chi connectivity index (χ3v) is 7.11. The summed E-state index contributed by atoms with van der Waals surface area (Å²) in [7, 11) is -3.44. The second-order valence-corrected chi connectivity index (χ2v) is 8.78. The molecule has 0 saturated carbocycles. The Hall–Kier alpha value is -1.44. The van der Waals surface area contributed by atoms with E-state index >= 15 is 0 Å². The highest BCUT2D eigenvalue weighted by atomic mass is 32.2. The number of carbonyl (C=O) groups is 1. The standard InChI is InChI=1S/C19H31N3O3S/c1-4-22(5-2)26(24,25)18-9-7-17(8-10-18)15(3)21-19(23)11-6-16-12-13-20-14-16/h7-10,15-16,20H,4-6,11-14H2,1-3H3,(H,21,23). The Labute approximate surface area is 157 Å². The van der Waals surface area contributed by atoms with Crippen LogP contribution in [0.4, 0.5) is 0 Å². The molecule has 2 atom stereocenters. The third kappa shape index (κ3) is 5.28. The molecule has 1 aliphatic heterocycles. The normalized spacial score (nSPS) is 18.8. The van der Waals surface area contributed by atoms with Gasteiger partial charge in [0.05, 0.1) is 10.9 Å². The van der Waals surface area contributed by atoms with Gasteiger partial charge in [0.15, 0.2) is 0 Å². The number of nitrogens with zero attached hydrogens (tertiary/aromatic N) is 1. The number of rotatable bonds is 9. The van der Waals surface area contributed by atoms with Crippen molar-refractivity contribution >= 4 is 15.9 Å². The topological polar surface area (TPSA) is 78.5 Å². The van der Waals surface area contributed by atoms with Crippen LogP contribution in [0.5, 0.6) is 0 Å². The smallest absolute Gasteiger partial charge is 0.243 e. The van der Waals surface area contributed by atoms with Crippen LogP contribution in [0.3, 0.4) is 0 Å². The monoisotopic (exact) mass is 381 g/mol. The van der Waals surface area contributed by atoms with Gasteiger partial charge in [0.25, 0.3) is 0 Å². The van der Waals surface area contributed by atoms with Crippen molar-refractivity contribution in [1.82, 2.24) is 14.9 Å². The summed E-state index contributed by atoms with van der Waals surface area (Å²) in [5, 5.41) is 6.32. The minimum absolute atomic E-state index is 0.0456. The van der Waals surface area contributed by atoms with Crippen molar-refractivity contribution in [3.05, 3.63) is 29.8 Å². The summed E-state index contributed by atoms with van der Waals surface area (Å²) < 4.78 is 26.5. The molecule has 2 rings (SSSR count). The van der Waals surface area contributed by atoms with Crippen LogP contribution in [-0.4, -0.2) is 44.8 Å². The van der Waals surface area contributed by atoms with Gasteiger partial charge in [-0.25, -0.2) is 8.42 Å². The van der Waals surface area contributed by atoms with Crippen LogP contribution in [0.25, 0.3) is 0 Å². The molecule has 0 spiro atoms. The van der Waals surface area contributed by atoms with E-state index < -0.39 is 10.0 Å². The summed E-state index contributed by atoms with van der Waals surface area (Å²) in [5.41, 5.74) is 0.902. The van der Waals surface area contributed by atoms with E-state index in [-0.39, 0.29) is 16.8 Å². The summed E-state index contributed by atoms with van der Waals surface area (Å²) in [4.78, 5) is 12.4. The maximum atomic E-state index is 12.5. The fraction of sp³-hybridized carbons (Fsp3) is 0.632. The zero-order valence-electron chi connectivity index (χ0n) is 16.0. The van der Waals surface area contributed by atoms with Crippen LogP contribution in [-0.2, 0) is 14.8 Å². The number of hydrogen-bond acceptors (Lipinski definition) is 4. The predicted octanol–water partition coefficient (Wildman–Crippen LogP) is 2.28. The van der Waals surface area contributed by atoms with Gasteiger partial charge in [-0.1, -0.05) is 26.0 Å². The molecule has 0 bridgehead atoms. The lowest BCUT2D eigenvalue weighted by molar-refractivity contribution is -0.122. The highest BCUT2D eigenvalue weighted by molar-refractivity contribution is 7.89. The summed E-state index contributed by atoms with van der Waals surface area (Å²) in [6.45, 7) is 8.52. The Kier molecular flexibility index (Phi) is 7.61. The van der Waals surface area contributed by atoms with E-state index in [2.05, 4.69) is 10.6 Å². The zero-order chi connectivity index (χ0) is 19.2. The lowest BCUT2D eigenvalue weighted by atomic mass is 10.0. The van der Waals surface area contributed by atoms with E-state index in [0.717, 1.165) is 31.5 Å². The Morgan fingerprint density at radius 2 is 1.92 bits per heavy atom. The average molecular weight is 382 g/mol. The first-order valence-electron chi connectivity index (χ1n) is 9.48. The van der Waals surface area contributed by atoms with E-state index in [9.17, 15) is 13.2 Å². The summed E-state index contributed by atoms with van der Waals surface area (Å²) in [6.07, 6.45) is 2.59. The van der Waals surface area contributed by atoms with Gasteiger partial charge >= 0.3 is 0 Å². The first-order valence-corrected chi connectivity index (χ1v) is 10.9. The summed E-state index contributed by atoms with van der Waals surface area (Å²) in [6, 6.07) is 6.66. The fourth-order valence-electron chi connectivity index (χ4n) is 3.33. The molecule has 146 valence electrons. The second kappa shape index (κ2) is 9.48. The quantitative estimate of drug-likeness (QED) is 0.688.